The molecule has 3 aromatic carbocycles. The van der Waals surface area contributed by atoms with Crippen LogP contribution in [0.4, 0.5) is 5.00 Å². The molecule has 2 aromatic heterocycles. The van der Waals surface area contributed by atoms with Gasteiger partial charge in [0.2, 0.25) is 10.0 Å². The molecule has 2 heterocycles. The number of nitrogens with one attached hydrogen (secondary N) is 1. The van der Waals surface area contributed by atoms with E-state index in [-0.39, 0.29) is 16.4 Å². The summed E-state index contributed by atoms with van der Waals surface area (Å²) in [5, 5.41) is 19.0. The molecule has 1 amide bonds. The van der Waals surface area contributed by atoms with Gasteiger partial charge in [-0.15, -0.1) is 0 Å². The lowest BCUT2D eigenvalue weighted by atomic mass is 10.1. The van der Waals surface area contributed by atoms with Crippen LogP contribution in [0.3, 0.4) is 0 Å². The van der Waals surface area contributed by atoms with E-state index in [1.165, 1.54) is 23.5 Å². The third-order valence-electron chi connectivity index (χ3n) is 5.95. The lowest BCUT2D eigenvalue weighted by molar-refractivity contribution is 0.102. The van der Waals surface area contributed by atoms with Gasteiger partial charge in [0.1, 0.15) is 33.3 Å². The van der Waals surface area contributed by atoms with Crippen molar-refractivity contribution in [3.05, 3.63) is 113 Å². The average molecular weight is 567 g/mol. The highest BCUT2D eigenvalue weighted by atomic mass is 32.2. The maximum absolute atomic E-state index is 12.9. The molecule has 0 spiro atoms. The number of nitriles is 1. The van der Waals surface area contributed by atoms with Crippen LogP contribution >= 0.6 is 11.3 Å². The fraction of sp³-hybridized carbons (Fsp3) is 0.0333. The Balaban J connectivity index is 1.48. The Kier molecular flexibility index (Phi) is 7.44. The number of amides is 1. The van der Waals surface area contributed by atoms with Crippen LogP contribution in [0.25, 0.3) is 34.2 Å². The normalized spacial score (nSPS) is 11.7. The zero-order valence-electron chi connectivity index (χ0n) is 21.2. The number of hydrogen-bond acceptors (Lipinski definition) is 7. The van der Waals surface area contributed by atoms with Gasteiger partial charge in [-0.1, -0.05) is 59.4 Å². The number of anilines is 1. The van der Waals surface area contributed by atoms with Crippen molar-refractivity contribution in [3.8, 4) is 28.7 Å². The third-order valence-corrected chi connectivity index (χ3v) is 7.88. The fourth-order valence-corrected chi connectivity index (χ4v) is 5.33. The maximum Gasteiger partial charge on any atom is 0.256 e. The molecule has 0 aliphatic rings. The van der Waals surface area contributed by atoms with Crippen LogP contribution in [-0.4, -0.2) is 19.3 Å². The van der Waals surface area contributed by atoms with Gasteiger partial charge in [-0.25, -0.2) is 18.5 Å². The number of carbonyl (C=O) groups excluding carboxylic acids is 1. The summed E-state index contributed by atoms with van der Waals surface area (Å²) >= 11 is 1.20. The molecule has 0 fully saturated rings. The van der Waals surface area contributed by atoms with Crippen LogP contribution in [-0.2, 0) is 10.0 Å². The van der Waals surface area contributed by atoms with Gasteiger partial charge in [-0.05, 0) is 55.5 Å². The molecule has 0 aliphatic heterocycles. The number of sulfonamides is 1. The quantitative estimate of drug-likeness (QED) is 0.220. The van der Waals surface area contributed by atoms with Gasteiger partial charge in [0, 0.05) is 22.8 Å². The monoisotopic (exact) mass is 566 g/mol. The zero-order chi connectivity index (χ0) is 28.3. The lowest BCUT2D eigenvalue weighted by Crippen LogP contribution is -2.11. The number of carbonyl (C=O) groups is 1. The number of thiazole rings is 1. The van der Waals surface area contributed by atoms with Crippen molar-refractivity contribution in [3.63, 3.8) is 0 Å². The Hall–Kier alpha value is -4.82. The number of furan rings is 1. The Bertz CT molecular complexity index is 1860. The van der Waals surface area contributed by atoms with Crippen molar-refractivity contribution in [2.45, 2.75) is 11.8 Å². The largest absolute Gasteiger partial charge is 0.457 e. The first-order valence-electron chi connectivity index (χ1n) is 12.0. The van der Waals surface area contributed by atoms with Crippen LogP contribution in [0.5, 0.6) is 0 Å². The van der Waals surface area contributed by atoms with E-state index in [4.69, 9.17) is 14.5 Å². The molecule has 5 aromatic rings. The highest BCUT2D eigenvalue weighted by molar-refractivity contribution is 7.89. The molecule has 198 valence electrons. The zero-order valence-corrected chi connectivity index (χ0v) is 22.8. The molecular weight excluding hydrogens is 544 g/mol. The van der Waals surface area contributed by atoms with Crippen LogP contribution in [0.1, 0.15) is 26.7 Å². The van der Waals surface area contributed by atoms with E-state index in [2.05, 4.69) is 11.4 Å². The molecule has 0 atom stereocenters. The molecular formula is C30H22N4O4S2. The number of aryl methyl sites for hydroxylation is 1. The fourth-order valence-electron chi connectivity index (χ4n) is 3.87. The van der Waals surface area contributed by atoms with E-state index < -0.39 is 10.0 Å². The summed E-state index contributed by atoms with van der Waals surface area (Å²) in [6.45, 7) is 1.98. The van der Waals surface area contributed by atoms with Crippen molar-refractivity contribution in [1.82, 2.24) is 4.98 Å². The van der Waals surface area contributed by atoms with Crippen LogP contribution < -0.4 is 10.5 Å². The predicted octanol–water partition coefficient (Wildman–Crippen LogP) is 6.34. The molecule has 0 saturated carbocycles. The van der Waals surface area contributed by atoms with E-state index in [1.54, 1.807) is 54.6 Å². The molecule has 8 nitrogen and oxygen atoms in total. The van der Waals surface area contributed by atoms with E-state index in [9.17, 15) is 18.5 Å². The van der Waals surface area contributed by atoms with E-state index in [0.29, 0.717) is 38.4 Å². The summed E-state index contributed by atoms with van der Waals surface area (Å²) in [4.78, 5) is 17.7. The topological polar surface area (TPSA) is 139 Å². The maximum atomic E-state index is 12.9. The number of hydrogen-bond donors (Lipinski definition) is 2. The Morgan fingerprint density at radius 3 is 2.30 bits per heavy atom. The predicted molar refractivity (Wildman–Crippen MR) is 156 cm³/mol. The molecule has 0 saturated heterocycles. The second kappa shape index (κ2) is 11.1. The first-order chi connectivity index (χ1) is 19.2. The lowest BCUT2D eigenvalue weighted by Gasteiger charge is -2.05. The molecule has 0 unspecified atom stereocenters. The molecule has 0 radical (unpaired) electrons. The highest BCUT2D eigenvalue weighted by Crippen LogP contribution is 2.37. The number of aromatic nitrogens is 1. The van der Waals surface area contributed by atoms with Crippen molar-refractivity contribution < 1.29 is 17.6 Å². The van der Waals surface area contributed by atoms with E-state index in [1.807, 2.05) is 37.3 Å². The Morgan fingerprint density at radius 1 is 0.975 bits per heavy atom. The van der Waals surface area contributed by atoms with Gasteiger partial charge in [-0.2, -0.15) is 5.26 Å². The second-order valence-corrected chi connectivity index (χ2v) is 11.4. The standard InChI is InChI=1S/C30H22N4O4S2/c1-19-7-9-21(10-8-19)27-30(34-28(35)22-5-3-2-4-6-22)39-29(33-27)23(18-31)17-24-13-16-26(38-24)20-11-14-25(15-12-20)40(32,36)37/h2-17H,1H3,(H,34,35)(H2,32,36,37)/b23-17+. The summed E-state index contributed by atoms with van der Waals surface area (Å²) in [7, 11) is -3.80. The summed E-state index contributed by atoms with van der Waals surface area (Å²) in [6, 6.07) is 28.2. The third kappa shape index (κ3) is 5.92. The number of benzene rings is 3. The number of nitrogens with zero attached hydrogens (tertiary/aromatic N) is 2. The van der Waals surface area contributed by atoms with Gasteiger partial charge in [0.15, 0.2) is 0 Å². The Morgan fingerprint density at radius 2 is 1.65 bits per heavy atom. The SMILES string of the molecule is Cc1ccc(-c2nc(/C(C#N)=C/c3ccc(-c4ccc(S(N)(=O)=O)cc4)o3)sc2NC(=O)c2ccccc2)cc1. The highest BCUT2D eigenvalue weighted by Gasteiger charge is 2.19. The molecule has 10 heteroatoms. The van der Waals surface area contributed by atoms with Crippen molar-refractivity contribution >= 4 is 43.9 Å². The molecule has 0 aliphatic carbocycles. The summed E-state index contributed by atoms with van der Waals surface area (Å²) in [5.74, 6) is 0.611. The van der Waals surface area contributed by atoms with Gasteiger partial charge >= 0.3 is 0 Å². The number of nitrogens with two attached hydrogens (primary N) is 1. The molecule has 0 bridgehead atoms. The van der Waals surface area contributed by atoms with Crippen molar-refractivity contribution in [2.24, 2.45) is 5.14 Å². The van der Waals surface area contributed by atoms with Gasteiger partial charge in [0.25, 0.3) is 5.91 Å². The van der Waals surface area contributed by atoms with Crippen molar-refractivity contribution in [1.29, 1.82) is 5.26 Å². The summed E-state index contributed by atoms with van der Waals surface area (Å²) in [5.41, 5.74) is 3.84. The minimum atomic E-state index is -3.80. The first kappa shape index (κ1) is 26.8. The number of rotatable bonds is 7. The minimum absolute atomic E-state index is 0.00185. The smallest absolute Gasteiger partial charge is 0.256 e. The van der Waals surface area contributed by atoms with Crippen LogP contribution in [0.15, 0.2) is 100 Å². The summed E-state index contributed by atoms with van der Waals surface area (Å²) in [6.07, 6.45) is 1.57. The second-order valence-electron chi connectivity index (χ2n) is 8.82. The molecule has 5 rings (SSSR count). The van der Waals surface area contributed by atoms with Gasteiger partial charge < -0.3 is 9.73 Å². The Labute approximate surface area is 235 Å². The first-order valence-corrected chi connectivity index (χ1v) is 14.4. The minimum Gasteiger partial charge on any atom is -0.457 e. The van der Waals surface area contributed by atoms with Gasteiger partial charge in [-0.3, -0.25) is 4.79 Å². The van der Waals surface area contributed by atoms with Crippen molar-refractivity contribution in [2.75, 3.05) is 5.32 Å². The average Bonchev–Trinajstić information content (AvgIpc) is 3.59. The number of allylic oxidation sites excluding steroid dienone is 1. The van der Waals surface area contributed by atoms with Crippen LogP contribution in [0, 0.1) is 18.3 Å². The molecule has 40 heavy (non-hydrogen) atoms. The summed E-state index contributed by atoms with van der Waals surface area (Å²) < 4.78 is 29.0. The molecule has 3 N–H and O–H groups in total. The number of primary sulfonamides is 1. The van der Waals surface area contributed by atoms with E-state index in [0.717, 1.165) is 11.1 Å². The van der Waals surface area contributed by atoms with Gasteiger partial charge in [0.05, 0.1) is 10.5 Å². The van der Waals surface area contributed by atoms with E-state index >= 15 is 0 Å². The van der Waals surface area contributed by atoms with Crippen LogP contribution in [0.2, 0.25) is 0 Å².